The summed E-state index contributed by atoms with van der Waals surface area (Å²) >= 11 is -1.81. The van der Waals surface area contributed by atoms with E-state index in [0.29, 0.717) is 11.2 Å². The van der Waals surface area contributed by atoms with E-state index in [4.69, 9.17) is 9.32 Å². The normalized spacial score (nSPS) is 19.6. The van der Waals surface area contributed by atoms with E-state index in [2.05, 4.69) is 0 Å². The fraction of sp³-hybridized carbons (Fsp3) is 0.263. The van der Waals surface area contributed by atoms with Crippen LogP contribution in [0.2, 0.25) is 0 Å². The highest BCUT2D eigenvalue weighted by molar-refractivity contribution is 7.78. The Bertz CT molecular complexity index is 823. The number of halogens is 1. The molecule has 0 saturated heterocycles. The van der Waals surface area contributed by atoms with Crippen LogP contribution in [0.1, 0.15) is 36.8 Å². The van der Waals surface area contributed by atoms with Crippen molar-refractivity contribution >= 4 is 22.4 Å². The van der Waals surface area contributed by atoms with Crippen LogP contribution in [0, 0.1) is 11.2 Å². The minimum atomic E-state index is -1.81. The van der Waals surface area contributed by atoms with Crippen molar-refractivity contribution in [3.8, 4) is 5.75 Å². The van der Waals surface area contributed by atoms with Gasteiger partial charge < -0.3 is 4.18 Å². The van der Waals surface area contributed by atoms with Gasteiger partial charge in [-0.2, -0.15) is 4.21 Å². The van der Waals surface area contributed by atoms with Gasteiger partial charge in [-0.3, -0.25) is 0 Å². The second-order valence-electron chi connectivity index (χ2n) is 6.69. The molecule has 1 saturated carbocycles. The maximum atomic E-state index is 13.2. The second-order valence-corrected chi connectivity index (χ2v) is 7.37. The number of benzene rings is 2. The van der Waals surface area contributed by atoms with Crippen molar-refractivity contribution in [3.63, 3.8) is 0 Å². The first-order valence-corrected chi connectivity index (χ1v) is 9.11. The van der Waals surface area contributed by atoms with E-state index in [9.17, 15) is 8.60 Å². The van der Waals surface area contributed by atoms with Crippen molar-refractivity contribution in [2.45, 2.75) is 25.7 Å². The molecule has 2 aromatic carbocycles. The molecule has 5 heteroatoms. The second kappa shape index (κ2) is 5.83. The summed E-state index contributed by atoms with van der Waals surface area (Å²) in [6.07, 6.45) is 4.63. The van der Waals surface area contributed by atoms with Crippen molar-refractivity contribution in [2.75, 3.05) is 0 Å². The van der Waals surface area contributed by atoms with Gasteiger partial charge in [-0.1, -0.05) is 24.3 Å². The van der Waals surface area contributed by atoms with Gasteiger partial charge in [-0.15, -0.1) is 0 Å². The molecule has 124 valence electrons. The van der Waals surface area contributed by atoms with E-state index in [-0.39, 0.29) is 5.82 Å². The fourth-order valence-corrected chi connectivity index (χ4v) is 3.87. The summed E-state index contributed by atoms with van der Waals surface area (Å²) in [5.41, 5.74) is 5.27. The lowest BCUT2D eigenvalue weighted by Gasteiger charge is -2.09. The van der Waals surface area contributed by atoms with E-state index < -0.39 is 11.3 Å². The standard InChI is InChI=1S/C19H18FNO2S/c20-15-5-1-13(2-6-15)17-11-19(9-10-19)12-18(17)14-3-7-16(8-4-14)23-24(21)22/h1-8H,9-12,21H2. The molecule has 0 aliphatic heterocycles. The van der Waals surface area contributed by atoms with Gasteiger partial charge in [-0.05, 0) is 77.6 Å². The van der Waals surface area contributed by atoms with E-state index in [1.54, 1.807) is 12.1 Å². The number of nitrogens with two attached hydrogens (primary N) is 1. The average molecular weight is 343 g/mol. The number of rotatable bonds is 4. The molecule has 1 atom stereocenters. The Kier molecular flexibility index (Phi) is 3.77. The predicted molar refractivity (Wildman–Crippen MR) is 93.5 cm³/mol. The van der Waals surface area contributed by atoms with Gasteiger partial charge in [0.25, 0.3) is 11.3 Å². The predicted octanol–water partition coefficient (Wildman–Crippen LogP) is 4.23. The van der Waals surface area contributed by atoms with Gasteiger partial charge in [0.15, 0.2) is 0 Å². The Labute approximate surface area is 143 Å². The molecule has 4 rings (SSSR count). The average Bonchev–Trinajstić information content (AvgIpc) is 3.20. The zero-order chi connectivity index (χ0) is 16.7. The first-order chi connectivity index (χ1) is 11.5. The summed E-state index contributed by atoms with van der Waals surface area (Å²) in [4.78, 5) is 0. The summed E-state index contributed by atoms with van der Waals surface area (Å²) in [7, 11) is 0. The van der Waals surface area contributed by atoms with Crippen LogP contribution in [0.25, 0.3) is 11.1 Å². The smallest absolute Gasteiger partial charge is 0.285 e. The topological polar surface area (TPSA) is 52.3 Å². The van der Waals surface area contributed by atoms with Gasteiger partial charge in [0.05, 0.1) is 0 Å². The van der Waals surface area contributed by atoms with Gasteiger partial charge in [0, 0.05) is 0 Å². The number of hydrogen-bond donors (Lipinski definition) is 1. The molecule has 0 heterocycles. The van der Waals surface area contributed by atoms with E-state index in [1.165, 1.54) is 36.1 Å². The van der Waals surface area contributed by atoms with Crippen LogP contribution >= 0.6 is 0 Å². The molecule has 2 N–H and O–H groups in total. The number of hydrogen-bond acceptors (Lipinski definition) is 2. The van der Waals surface area contributed by atoms with Crippen LogP contribution in [0.4, 0.5) is 4.39 Å². The molecule has 2 aliphatic carbocycles. The molecular weight excluding hydrogens is 325 g/mol. The van der Waals surface area contributed by atoms with Gasteiger partial charge in [-0.25, -0.2) is 9.53 Å². The van der Waals surface area contributed by atoms with Crippen LogP contribution in [-0.4, -0.2) is 4.21 Å². The molecule has 1 unspecified atom stereocenters. The van der Waals surface area contributed by atoms with Crippen molar-refractivity contribution in [1.82, 2.24) is 0 Å². The van der Waals surface area contributed by atoms with E-state index in [1.807, 2.05) is 24.3 Å². The third-order valence-corrected chi connectivity index (χ3v) is 5.36. The molecule has 1 spiro atoms. The molecular formula is C19H18FNO2S. The molecule has 0 bridgehead atoms. The van der Waals surface area contributed by atoms with Crippen molar-refractivity contribution < 1.29 is 12.8 Å². The molecule has 0 amide bonds. The SMILES string of the molecule is NS(=O)Oc1ccc(C2=C(c3ccc(F)cc3)CC3(CC3)C2)cc1. The van der Waals surface area contributed by atoms with Crippen LogP contribution in [0.5, 0.6) is 5.75 Å². The summed E-state index contributed by atoms with van der Waals surface area (Å²) in [5.74, 6) is 0.277. The van der Waals surface area contributed by atoms with E-state index >= 15 is 0 Å². The van der Waals surface area contributed by atoms with Gasteiger partial charge in [0.2, 0.25) is 0 Å². The van der Waals surface area contributed by atoms with Crippen LogP contribution in [-0.2, 0) is 11.3 Å². The lowest BCUT2D eigenvalue weighted by molar-refractivity contribution is 0.563. The van der Waals surface area contributed by atoms with Gasteiger partial charge >= 0.3 is 0 Å². The molecule has 24 heavy (non-hydrogen) atoms. The fourth-order valence-electron chi connectivity index (χ4n) is 3.57. The highest BCUT2D eigenvalue weighted by atomic mass is 32.2. The summed E-state index contributed by atoms with van der Waals surface area (Å²) < 4.78 is 29.2. The molecule has 2 aromatic rings. The minimum Gasteiger partial charge on any atom is -0.389 e. The molecule has 0 radical (unpaired) electrons. The zero-order valence-electron chi connectivity index (χ0n) is 13.1. The highest BCUT2D eigenvalue weighted by Gasteiger charge is 2.48. The number of allylic oxidation sites excluding steroid dienone is 2. The minimum absolute atomic E-state index is 0.212. The Balaban J connectivity index is 1.70. The Morgan fingerprint density at radius 1 is 0.917 bits per heavy atom. The van der Waals surface area contributed by atoms with Crippen LogP contribution < -0.4 is 9.32 Å². The first-order valence-electron chi connectivity index (χ1n) is 7.98. The highest BCUT2D eigenvalue weighted by Crippen LogP contribution is 2.63. The van der Waals surface area contributed by atoms with Crippen molar-refractivity contribution in [3.05, 3.63) is 65.5 Å². The lowest BCUT2D eigenvalue weighted by Crippen LogP contribution is -2.09. The third-order valence-electron chi connectivity index (χ3n) is 5.00. The quantitative estimate of drug-likeness (QED) is 0.903. The third kappa shape index (κ3) is 3.01. The maximum absolute atomic E-state index is 13.2. The summed E-state index contributed by atoms with van der Waals surface area (Å²) in [6, 6.07) is 14.3. The zero-order valence-corrected chi connectivity index (χ0v) is 13.9. The van der Waals surface area contributed by atoms with E-state index in [0.717, 1.165) is 24.0 Å². The molecule has 3 nitrogen and oxygen atoms in total. The van der Waals surface area contributed by atoms with Crippen LogP contribution in [0.3, 0.4) is 0 Å². The Morgan fingerprint density at radius 2 is 1.42 bits per heavy atom. The largest absolute Gasteiger partial charge is 0.389 e. The summed E-state index contributed by atoms with van der Waals surface area (Å²) in [6.45, 7) is 0. The molecule has 0 aromatic heterocycles. The van der Waals surface area contributed by atoms with Crippen molar-refractivity contribution in [2.24, 2.45) is 10.6 Å². The molecule has 2 aliphatic rings. The van der Waals surface area contributed by atoms with Crippen LogP contribution in [0.15, 0.2) is 48.5 Å². The summed E-state index contributed by atoms with van der Waals surface area (Å²) in [5, 5.41) is 5.15. The first kappa shape index (κ1) is 15.5. The Hall–Kier alpha value is -1.98. The van der Waals surface area contributed by atoms with Gasteiger partial charge in [0.1, 0.15) is 11.6 Å². The lowest BCUT2D eigenvalue weighted by atomic mass is 9.97. The molecule has 1 fully saturated rings. The maximum Gasteiger partial charge on any atom is 0.285 e. The Morgan fingerprint density at radius 3 is 1.88 bits per heavy atom. The monoisotopic (exact) mass is 343 g/mol. The van der Waals surface area contributed by atoms with Crippen molar-refractivity contribution in [1.29, 1.82) is 0 Å².